The monoisotopic (exact) mass is 202 g/mol. The summed E-state index contributed by atoms with van der Waals surface area (Å²) in [5.41, 5.74) is -1.21. The van der Waals surface area contributed by atoms with Crippen LogP contribution in [0.25, 0.3) is 0 Å². The zero-order valence-electron chi connectivity index (χ0n) is 9.00. The van der Waals surface area contributed by atoms with E-state index >= 15 is 0 Å². The lowest BCUT2D eigenvalue weighted by Gasteiger charge is -2.39. The second kappa shape index (κ2) is 3.77. The molecule has 4 heteroatoms. The summed E-state index contributed by atoms with van der Waals surface area (Å²) in [4.78, 5) is 11.3. The number of aliphatic hydroxyl groups excluding tert-OH is 1. The first-order valence-corrected chi connectivity index (χ1v) is 4.90. The van der Waals surface area contributed by atoms with E-state index in [0.29, 0.717) is 0 Å². The molecule has 0 saturated heterocycles. The Kier molecular flexibility index (Phi) is 3.04. The van der Waals surface area contributed by atoms with Gasteiger partial charge >= 0.3 is 6.16 Å². The minimum absolute atomic E-state index is 0.119. The van der Waals surface area contributed by atoms with Gasteiger partial charge in [-0.05, 0) is 40.0 Å². The molecule has 1 fully saturated rings. The summed E-state index contributed by atoms with van der Waals surface area (Å²) in [6, 6.07) is 0. The Labute approximate surface area is 84.2 Å². The molecule has 82 valence electrons. The number of carbonyl (C=O) groups is 1. The maximum absolute atomic E-state index is 11.3. The Balaban J connectivity index is 2.40. The molecule has 4 nitrogen and oxygen atoms in total. The van der Waals surface area contributed by atoms with Gasteiger partial charge in [-0.1, -0.05) is 0 Å². The van der Waals surface area contributed by atoms with Crippen LogP contribution in [0.4, 0.5) is 4.79 Å². The van der Waals surface area contributed by atoms with E-state index in [1.165, 1.54) is 0 Å². The number of ether oxygens (including phenoxy) is 2. The molecule has 1 aliphatic rings. The van der Waals surface area contributed by atoms with Crippen LogP contribution in [0, 0.1) is 0 Å². The molecule has 0 aromatic rings. The van der Waals surface area contributed by atoms with Crippen molar-refractivity contribution < 1.29 is 19.4 Å². The third kappa shape index (κ3) is 2.87. The Bertz CT molecular complexity index is 207. The highest BCUT2D eigenvalue weighted by Gasteiger charge is 2.41. The number of hydrogen-bond donors (Lipinski definition) is 1. The lowest BCUT2D eigenvalue weighted by molar-refractivity contribution is -0.120. The largest absolute Gasteiger partial charge is 0.509 e. The highest BCUT2D eigenvalue weighted by Crippen LogP contribution is 2.35. The number of carbonyl (C=O) groups excluding carboxylic acids is 1. The zero-order valence-corrected chi connectivity index (χ0v) is 9.00. The second-order valence-electron chi connectivity index (χ2n) is 4.76. The fourth-order valence-electron chi connectivity index (χ4n) is 1.31. The third-order valence-electron chi connectivity index (χ3n) is 2.24. The standard InChI is InChI=1S/C10H18O4/c1-9(2,3)13-8(12)14-10(7-11)5-4-6-10/h11H,4-7H2,1-3H3. The van der Waals surface area contributed by atoms with Gasteiger partial charge in [0.25, 0.3) is 0 Å². The van der Waals surface area contributed by atoms with Crippen LogP contribution in [-0.2, 0) is 9.47 Å². The van der Waals surface area contributed by atoms with Gasteiger partial charge in [-0.15, -0.1) is 0 Å². The number of rotatable bonds is 2. The molecular formula is C10H18O4. The van der Waals surface area contributed by atoms with Crippen LogP contribution < -0.4 is 0 Å². The van der Waals surface area contributed by atoms with E-state index in [2.05, 4.69) is 0 Å². The average molecular weight is 202 g/mol. The Morgan fingerprint density at radius 3 is 2.29 bits per heavy atom. The molecule has 1 aliphatic carbocycles. The molecule has 0 atom stereocenters. The van der Waals surface area contributed by atoms with Gasteiger partial charge in [-0.3, -0.25) is 0 Å². The summed E-state index contributed by atoms with van der Waals surface area (Å²) >= 11 is 0. The van der Waals surface area contributed by atoms with Crippen molar-refractivity contribution in [3.05, 3.63) is 0 Å². The molecular weight excluding hydrogens is 184 g/mol. The molecule has 0 radical (unpaired) electrons. The summed E-state index contributed by atoms with van der Waals surface area (Å²) in [6.07, 6.45) is 1.75. The maximum atomic E-state index is 11.3. The molecule has 0 unspecified atom stereocenters. The average Bonchev–Trinajstić information content (AvgIpc) is 1.93. The lowest BCUT2D eigenvalue weighted by atomic mass is 9.81. The van der Waals surface area contributed by atoms with Crippen molar-refractivity contribution in [3.63, 3.8) is 0 Å². The topological polar surface area (TPSA) is 55.8 Å². The van der Waals surface area contributed by atoms with Crippen molar-refractivity contribution in [2.75, 3.05) is 6.61 Å². The molecule has 0 heterocycles. The molecule has 1 N–H and O–H groups in total. The van der Waals surface area contributed by atoms with Gasteiger partial charge in [-0.25, -0.2) is 4.79 Å². The van der Waals surface area contributed by atoms with Gasteiger partial charge in [0.15, 0.2) is 0 Å². The van der Waals surface area contributed by atoms with E-state index in [4.69, 9.17) is 14.6 Å². The Morgan fingerprint density at radius 1 is 1.43 bits per heavy atom. The lowest BCUT2D eigenvalue weighted by Crippen LogP contribution is -2.46. The van der Waals surface area contributed by atoms with Crippen molar-refractivity contribution >= 4 is 6.16 Å². The fraction of sp³-hybridized carbons (Fsp3) is 0.900. The predicted molar refractivity (Wildman–Crippen MR) is 51.0 cm³/mol. The summed E-state index contributed by atoms with van der Waals surface area (Å²) in [6.45, 7) is 5.22. The molecule has 0 aromatic heterocycles. The van der Waals surface area contributed by atoms with Crippen LogP contribution >= 0.6 is 0 Å². The van der Waals surface area contributed by atoms with Crippen molar-refractivity contribution in [3.8, 4) is 0 Å². The highest BCUT2D eigenvalue weighted by molar-refractivity contribution is 5.61. The zero-order chi connectivity index (χ0) is 10.8. The van der Waals surface area contributed by atoms with Gasteiger partial charge < -0.3 is 14.6 Å². The van der Waals surface area contributed by atoms with Crippen molar-refractivity contribution in [1.29, 1.82) is 0 Å². The quantitative estimate of drug-likeness (QED) is 0.694. The van der Waals surface area contributed by atoms with Gasteiger partial charge in [0.1, 0.15) is 11.2 Å². The van der Waals surface area contributed by atoms with Crippen LogP contribution in [-0.4, -0.2) is 29.1 Å². The maximum Gasteiger partial charge on any atom is 0.509 e. The number of aliphatic hydroxyl groups is 1. The SMILES string of the molecule is CC(C)(C)OC(=O)OC1(CO)CCC1. The summed E-state index contributed by atoms with van der Waals surface area (Å²) < 4.78 is 10.1. The first-order chi connectivity index (χ1) is 6.37. The third-order valence-corrected chi connectivity index (χ3v) is 2.24. The highest BCUT2D eigenvalue weighted by atomic mass is 16.7. The predicted octanol–water partition coefficient (Wildman–Crippen LogP) is 1.85. The van der Waals surface area contributed by atoms with Gasteiger partial charge in [0.2, 0.25) is 0 Å². The van der Waals surface area contributed by atoms with Crippen LogP contribution in [0.2, 0.25) is 0 Å². The molecule has 0 aliphatic heterocycles. The van der Waals surface area contributed by atoms with E-state index in [9.17, 15) is 4.79 Å². The normalized spacial score (nSPS) is 19.7. The minimum Gasteiger partial charge on any atom is -0.429 e. The van der Waals surface area contributed by atoms with Crippen molar-refractivity contribution in [2.45, 2.75) is 51.2 Å². The second-order valence-corrected chi connectivity index (χ2v) is 4.76. The van der Waals surface area contributed by atoms with Crippen LogP contribution in [0.5, 0.6) is 0 Å². The number of hydrogen-bond acceptors (Lipinski definition) is 4. The molecule has 1 saturated carbocycles. The van der Waals surface area contributed by atoms with Crippen LogP contribution in [0.1, 0.15) is 40.0 Å². The van der Waals surface area contributed by atoms with Gasteiger partial charge in [0, 0.05) is 0 Å². The van der Waals surface area contributed by atoms with E-state index in [-0.39, 0.29) is 6.61 Å². The van der Waals surface area contributed by atoms with E-state index in [1.807, 2.05) is 0 Å². The summed E-state index contributed by atoms with van der Waals surface area (Å²) in [7, 11) is 0. The van der Waals surface area contributed by atoms with Crippen LogP contribution in [0.3, 0.4) is 0 Å². The summed E-state index contributed by atoms with van der Waals surface area (Å²) in [5, 5.41) is 9.05. The Hall–Kier alpha value is -0.770. The van der Waals surface area contributed by atoms with E-state index < -0.39 is 17.4 Å². The van der Waals surface area contributed by atoms with E-state index in [0.717, 1.165) is 19.3 Å². The minimum atomic E-state index is -0.689. The fourth-order valence-corrected chi connectivity index (χ4v) is 1.31. The molecule has 0 spiro atoms. The van der Waals surface area contributed by atoms with Crippen LogP contribution in [0.15, 0.2) is 0 Å². The van der Waals surface area contributed by atoms with Crippen molar-refractivity contribution in [1.82, 2.24) is 0 Å². The molecule has 0 aromatic carbocycles. The Morgan fingerprint density at radius 2 is 2.00 bits per heavy atom. The summed E-state index contributed by atoms with van der Waals surface area (Å²) in [5.74, 6) is 0. The smallest absolute Gasteiger partial charge is 0.429 e. The van der Waals surface area contributed by atoms with Crippen molar-refractivity contribution in [2.24, 2.45) is 0 Å². The molecule has 14 heavy (non-hydrogen) atoms. The van der Waals surface area contributed by atoms with Gasteiger partial charge in [-0.2, -0.15) is 0 Å². The molecule has 1 rings (SSSR count). The first-order valence-electron chi connectivity index (χ1n) is 4.90. The van der Waals surface area contributed by atoms with E-state index in [1.54, 1.807) is 20.8 Å². The molecule has 0 bridgehead atoms. The first kappa shape index (κ1) is 11.3. The molecule has 0 amide bonds. The van der Waals surface area contributed by atoms with Gasteiger partial charge in [0.05, 0.1) is 6.61 Å².